The Labute approximate surface area is 205 Å². The molecule has 0 saturated carbocycles. The Bertz CT molecular complexity index is 1090. The summed E-state index contributed by atoms with van der Waals surface area (Å²) < 4.78 is 5.84. The second-order valence-corrected chi connectivity index (χ2v) is 8.74. The Balaban J connectivity index is 1.33. The number of rotatable bonds is 12. The molecule has 34 heavy (non-hydrogen) atoms. The largest absolute Gasteiger partial charge is 0.494 e. The van der Waals surface area contributed by atoms with E-state index in [9.17, 15) is 9.59 Å². The van der Waals surface area contributed by atoms with Crippen molar-refractivity contribution in [3.63, 3.8) is 0 Å². The third kappa shape index (κ3) is 8.23. The van der Waals surface area contributed by atoms with Crippen molar-refractivity contribution < 1.29 is 19.4 Å². The fourth-order valence-electron chi connectivity index (χ4n) is 3.55. The van der Waals surface area contributed by atoms with E-state index >= 15 is 0 Å². The number of ether oxygens (including phenoxy) is 1. The van der Waals surface area contributed by atoms with Gasteiger partial charge in [-0.3, -0.25) is 4.79 Å². The quantitative estimate of drug-likeness (QED) is 0.283. The summed E-state index contributed by atoms with van der Waals surface area (Å²) in [5.41, 5.74) is 4.08. The van der Waals surface area contributed by atoms with E-state index in [1.807, 2.05) is 24.3 Å². The first-order valence-electron chi connectivity index (χ1n) is 11.5. The third-order valence-corrected chi connectivity index (χ3v) is 5.87. The van der Waals surface area contributed by atoms with E-state index in [1.165, 1.54) is 23.3 Å². The van der Waals surface area contributed by atoms with Crippen LogP contribution >= 0.6 is 11.6 Å². The molecule has 0 aliphatic rings. The molecular weight excluding hydrogens is 450 g/mol. The van der Waals surface area contributed by atoms with Gasteiger partial charge in [0.05, 0.1) is 17.2 Å². The highest BCUT2D eigenvalue weighted by atomic mass is 35.5. The molecule has 5 nitrogen and oxygen atoms in total. The van der Waals surface area contributed by atoms with Crippen LogP contribution in [-0.2, 0) is 17.6 Å². The van der Waals surface area contributed by atoms with Crippen molar-refractivity contribution in [3.8, 4) is 5.75 Å². The first-order chi connectivity index (χ1) is 16.4. The number of carboxylic acid groups (broad SMARTS) is 1. The van der Waals surface area contributed by atoms with Crippen molar-refractivity contribution in [2.45, 2.75) is 45.4 Å². The number of unbranched alkanes of at least 4 members (excludes halogenated alkanes) is 2. The Morgan fingerprint density at radius 1 is 0.882 bits per heavy atom. The molecule has 2 N–H and O–H groups in total. The number of anilines is 1. The minimum absolute atomic E-state index is 0.0404. The van der Waals surface area contributed by atoms with Gasteiger partial charge in [-0.1, -0.05) is 53.6 Å². The molecule has 0 spiro atoms. The van der Waals surface area contributed by atoms with Gasteiger partial charge in [0.15, 0.2) is 0 Å². The van der Waals surface area contributed by atoms with Gasteiger partial charge in [0.2, 0.25) is 5.91 Å². The summed E-state index contributed by atoms with van der Waals surface area (Å²) in [6, 6.07) is 20.9. The van der Waals surface area contributed by atoms with E-state index in [-0.39, 0.29) is 22.9 Å². The maximum Gasteiger partial charge on any atom is 0.337 e. The summed E-state index contributed by atoms with van der Waals surface area (Å²) in [5, 5.41) is 12.0. The number of carboxylic acids is 1. The molecule has 0 bridgehead atoms. The fraction of sp³-hybridized carbons (Fsp3) is 0.286. The average Bonchev–Trinajstić information content (AvgIpc) is 2.83. The zero-order valence-corrected chi connectivity index (χ0v) is 20.1. The van der Waals surface area contributed by atoms with Crippen molar-refractivity contribution in [2.75, 3.05) is 11.9 Å². The van der Waals surface area contributed by atoms with Crippen LogP contribution in [0.1, 0.15) is 52.7 Å². The molecule has 6 heteroatoms. The maximum atomic E-state index is 12.2. The summed E-state index contributed by atoms with van der Waals surface area (Å²) in [4.78, 5) is 23.4. The third-order valence-electron chi connectivity index (χ3n) is 5.54. The molecule has 0 atom stereocenters. The normalized spacial score (nSPS) is 10.6. The molecule has 0 heterocycles. The number of hydrogen-bond donors (Lipinski definition) is 2. The molecule has 3 aromatic rings. The van der Waals surface area contributed by atoms with Crippen LogP contribution in [0.25, 0.3) is 0 Å². The molecule has 0 aliphatic heterocycles. The molecule has 178 valence electrons. The highest BCUT2D eigenvalue weighted by Gasteiger charge is 2.11. The van der Waals surface area contributed by atoms with Gasteiger partial charge in [0.1, 0.15) is 5.75 Å². The van der Waals surface area contributed by atoms with E-state index < -0.39 is 5.97 Å². The smallest absolute Gasteiger partial charge is 0.337 e. The number of amides is 1. The van der Waals surface area contributed by atoms with E-state index in [2.05, 4.69) is 36.5 Å². The second kappa shape index (κ2) is 12.8. The van der Waals surface area contributed by atoms with Gasteiger partial charge in [0.25, 0.3) is 0 Å². The number of carbonyl (C=O) groups excluding carboxylic acids is 1. The highest BCUT2D eigenvalue weighted by Crippen LogP contribution is 2.21. The number of carbonyl (C=O) groups is 2. The van der Waals surface area contributed by atoms with Crippen molar-refractivity contribution in [3.05, 3.63) is 94.0 Å². The average molecular weight is 480 g/mol. The highest BCUT2D eigenvalue weighted by molar-refractivity contribution is 6.33. The van der Waals surface area contributed by atoms with Gasteiger partial charge < -0.3 is 15.2 Å². The van der Waals surface area contributed by atoms with Gasteiger partial charge in [-0.25, -0.2) is 4.79 Å². The first kappa shape index (κ1) is 25.3. The Kier molecular flexibility index (Phi) is 9.53. The van der Waals surface area contributed by atoms with Crippen LogP contribution in [0.15, 0.2) is 66.7 Å². The maximum absolute atomic E-state index is 12.2. The minimum atomic E-state index is -1.13. The number of aryl methyl sites for hydroxylation is 3. The summed E-state index contributed by atoms with van der Waals surface area (Å²) in [6.45, 7) is 2.79. The monoisotopic (exact) mass is 479 g/mol. The Hall–Kier alpha value is -3.31. The van der Waals surface area contributed by atoms with Crippen LogP contribution in [0.4, 0.5) is 5.69 Å². The van der Waals surface area contributed by atoms with Gasteiger partial charge in [-0.05, 0) is 80.5 Å². The van der Waals surface area contributed by atoms with E-state index in [1.54, 1.807) is 6.07 Å². The Morgan fingerprint density at radius 3 is 2.26 bits per heavy atom. The predicted molar refractivity (Wildman–Crippen MR) is 136 cm³/mol. The summed E-state index contributed by atoms with van der Waals surface area (Å²) >= 11 is 5.86. The van der Waals surface area contributed by atoms with Crippen LogP contribution in [-0.4, -0.2) is 23.6 Å². The van der Waals surface area contributed by atoms with Crippen LogP contribution < -0.4 is 10.1 Å². The van der Waals surface area contributed by atoms with E-state index in [4.69, 9.17) is 21.4 Å². The molecule has 0 fully saturated rings. The van der Waals surface area contributed by atoms with E-state index in [0.29, 0.717) is 18.7 Å². The van der Waals surface area contributed by atoms with Gasteiger partial charge in [0, 0.05) is 12.1 Å². The lowest BCUT2D eigenvalue weighted by molar-refractivity contribution is -0.116. The number of halogens is 1. The lowest BCUT2D eigenvalue weighted by Crippen LogP contribution is -2.13. The molecule has 0 unspecified atom stereocenters. The zero-order valence-electron chi connectivity index (χ0n) is 19.4. The lowest BCUT2D eigenvalue weighted by Gasteiger charge is -2.09. The SMILES string of the molecule is Cc1ccc(CCCCCOc2ccc(CCC(=O)Nc3ccc(Cl)c(C(=O)O)c3)cc2)cc1. The number of hydrogen-bond acceptors (Lipinski definition) is 3. The van der Waals surface area contributed by atoms with Gasteiger partial charge in [-0.2, -0.15) is 0 Å². The minimum Gasteiger partial charge on any atom is -0.494 e. The number of benzene rings is 3. The van der Waals surface area contributed by atoms with Crippen molar-refractivity contribution in [2.24, 2.45) is 0 Å². The zero-order chi connectivity index (χ0) is 24.3. The van der Waals surface area contributed by atoms with E-state index in [0.717, 1.165) is 37.0 Å². The summed E-state index contributed by atoms with van der Waals surface area (Å²) in [7, 11) is 0. The molecule has 3 aromatic carbocycles. The van der Waals surface area contributed by atoms with Crippen LogP contribution in [0.5, 0.6) is 5.75 Å². The topological polar surface area (TPSA) is 75.6 Å². The fourth-order valence-corrected chi connectivity index (χ4v) is 3.75. The van der Waals surface area contributed by atoms with Crippen LogP contribution in [0.3, 0.4) is 0 Å². The van der Waals surface area contributed by atoms with Gasteiger partial charge >= 0.3 is 5.97 Å². The molecule has 0 radical (unpaired) electrons. The van der Waals surface area contributed by atoms with Crippen molar-refractivity contribution in [1.29, 1.82) is 0 Å². The summed E-state index contributed by atoms with van der Waals surface area (Å²) in [5.74, 6) is -0.496. The second-order valence-electron chi connectivity index (χ2n) is 8.34. The lowest BCUT2D eigenvalue weighted by atomic mass is 10.1. The number of aromatic carboxylic acids is 1. The van der Waals surface area contributed by atoms with Crippen molar-refractivity contribution >= 4 is 29.2 Å². The summed E-state index contributed by atoms with van der Waals surface area (Å²) in [6.07, 6.45) is 5.25. The standard InChI is InChI=1S/C28H30ClNO4/c1-20-6-8-21(9-7-20)5-3-2-4-18-34-24-14-10-22(11-15-24)12-17-27(31)30-23-13-16-26(29)25(19-23)28(32)33/h6-11,13-16,19H,2-5,12,17-18H2,1H3,(H,30,31)(H,32,33). The van der Waals surface area contributed by atoms with Gasteiger partial charge in [-0.15, -0.1) is 0 Å². The van der Waals surface area contributed by atoms with Crippen LogP contribution in [0.2, 0.25) is 5.02 Å². The number of nitrogens with one attached hydrogen (secondary N) is 1. The molecular formula is C28H30ClNO4. The molecule has 1 amide bonds. The first-order valence-corrected chi connectivity index (χ1v) is 11.9. The molecule has 0 aromatic heterocycles. The molecule has 0 aliphatic carbocycles. The predicted octanol–water partition coefficient (Wildman–Crippen LogP) is 6.71. The molecule has 0 saturated heterocycles. The van der Waals surface area contributed by atoms with Crippen molar-refractivity contribution in [1.82, 2.24) is 0 Å². The van der Waals surface area contributed by atoms with Crippen LogP contribution in [0, 0.1) is 6.92 Å². The Morgan fingerprint density at radius 2 is 1.56 bits per heavy atom. The molecule has 3 rings (SSSR count).